The van der Waals surface area contributed by atoms with Crippen LogP contribution < -0.4 is 0 Å². The Labute approximate surface area is 104 Å². The van der Waals surface area contributed by atoms with Crippen LogP contribution in [0.25, 0.3) is 0 Å². The minimum absolute atomic E-state index is 0.294. The average Bonchev–Trinajstić information content (AvgIpc) is 2.99. The lowest BCUT2D eigenvalue weighted by Crippen LogP contribution is -2.22. The Morgan fingerprint density at radius 3 is 1.58 bits per heavy atom. The molecule has 0 saturated carbocycles. The molecule has 0 N–H and O–H groups in total. The van der Waals surface area contributed by atoms with Crippen LogP contribution in [-0.4, -0.2) is 36.6 Å². The van der Waals surface area contributed by atoms with E-state index in [0.717, 1.165) is 12.4 Å². The molecule has 0 radical (unpaired) electrons. The van der Waals surface area contributed by atoms with E-state index in [-0.39, 0.29) is 0 Å². The molecule has 0 aliphatic heterocycles. The van der Waals surface area contributed by atoms with E-state index in [1.807, 2.05) is 0 Å². The molecule has 0 saturated heterocycles. The molecular weight excluding hydrogens is 284 g/mol. The largest absolute Gasteiger partial charge is 0.364 e. The monoisotopic (exact) mass is 288 g/mol. The van der Waals surface area contributed by atoms with Crippen LogP contribution in [0.15, 0.2) is 24.8 Å². The van der Waals surface area contributed by atoms with Gasteiger partial charge in [0.25, 0.3) is 0 Å². The van der Waals surface area contributed by atoms with Gasteiger partial charge in [0.05, 0.1) is 9.85 Å². The molecule has 0 spiro atoms. The quantitative estimate of drug-likeness (QED) is 0.540. The lowest BCUT2D eigenvalue weighted by molar-refractivity contribution is -0.385. The van der Waals surface area contributed by atoms with Crippen molar-refractivity contribution in [3.63, 3.8) is 0 Å². The third-order valence-corrected chi connectivity index (χ3v) is 3.33. The second kappa shape index (κ2) is 4.13. The summed E-state index contributed by atoms with van der Waals surface area (Å²) < 4.78 is 24.3. The lowest BCUT2D eigenvalue weighted by atomic mass is 10.6. The van der Waals surface area contributed by atoms with Crippen molar-refractivity contribution in [2.75, 3.05) is 0 Å². The first-order valence-electron chi connectivity index (χ1n) is 4.46. The van der Waals surface area contributed by atoms with Crippen molar-refractivity contribution in [2.24, 2.45) is 0 Å². The van der Waals surface area contributed by atoms with E-state index in [0.29, 0.717) is 20.6 Å². The van der Waals surface area contributed by atoms with Crippen LogP contribution in [0.3, 0.4) is 0 Å². The summed E-state index contributed by atoms with van der Waals surface area (Å²) in [5.41, 5.74) is -1.07. The van der Waals surface area contributed by atoms with Gasteiger partial charge in [0.2, 0.25) is 0 Å². The van der Waals surface area contributed by atoms with Crippen LogP contribution in [0, 0.1) is 20.2 Å². The molecule has 0 fully saturated rings. The molecule has 19 heavy (non-hydrogen) atoms. The van der Waals surface area contributed by atoms with E-state index >= 15 is 0 Å². The molecule has 2 aromatic heterocycles. The molecule has 13 heteroatoms. The summed E-state index contributed by atoms with van der Waals surface area (Å²) in [4.78, 5) is 19.2. The minimum atomic E-state index is -4.36. The second-order valence-corrected chi connectivity index (χ2v) is 4.81. The van der Waals surface area contributed by atoms with E-state index in [9.17, 15) is 28.6 Å². The summed E-state index contributed by atoms with van der Waals surface area (Å²) in [5, 5.41) is 27.4. The van der Waals surface area contributed by atoms with Crippen molar-refractivity contribution >= 4 is 21.6 Å². The van der Waals surface area contributed by atoms with E-state index in [1.165, 1.54) is 0 Å². The zero-order valence-electron chi connectivity index (χ0n) is 8.85. The second-order valence-electron chi connectivity index (χ2n) is 3.16. The number of nitro groups is 2. The maximum absolute atomic E-state index is 11.9. The van der Waals surface area contributed by atoms with E-state index < -0.39 is 31.4 Å². The molecule has 0 amide bonds. The highest BCUT2D eigenvalue weighted by Gasteiger charge is 2.23. The zero-order chi connectivity index (χ0) is 14.2. The van der Waals surface area contributed by atoms with Gasteiger partial charge in [-0.1, -0.05) is 0 Å². The average molecular weight is 288 g/mol. The molecule has 2 rings (SSSR count). The summed E-state index contributed by atoms with van der Waals surface area (Å²) >= 11 is 0. The highest BCUT2D eigenvalue weighted by molar-refractivity contribution is 7.88. The lowest BCUT2D eigenvalue weighted by Gasteiger charge is -2.01. The minimum Gasteiger partial charge on any atom is -0.258 e. The van der Waals surface area contributed by atoms with Gasteiger partial charge in [0, 0.05) is 0 Å². The fraction of sp³-hybridized carbons (Fsp3) is 0. The summed E-state index contributed by atoms with van der Waals surface area (Å²) in [6, 6.07) is 0. The Morgan fingerprint density at radius 2 is 1.32 bits per heavy atom. The molecule has 0 aromatic carbocycles. The number of hydrogen-bond acceptors (Lipinski definition) is 8. The van der Waals surface area contributed by atoms with Gasteiger partial charge >= 0.3 is 21.6 Å². The van der Waals surface area contributed by atoms with Crippen LogP contribution in [0.4, 0.5) is 11.4 Å². The van der Waals surface area contributed by atoms with Crippen molar-refractivity contribution in [2.45, 2.75) is 0 Å². The van der Waals surface area contributed by atoms with Crippen LogP contribution in [0.1, 0.15) is 0 Å². The van der Waals surface area contributed by atoms with Gasteiger partial charge in [-0.15, -0.1) is 8.17 Å². The van der Waals surface area contributed by atoms with Gasteiger partial charge in [-0.05, 0) is 0 Å². The van der Waals surface area contributed by atoms with Crippen LogP contribution in [0.5, 0.6) is 0 Å². The van der Waals surface area contributed by atoms with Gasteiger partial charge in [0.1, 0.15) is 24.8 Å². The van der Waals surface area contributed by atoms with Crippen LogP contribution in [0.2, 0.25) is 0 Å². The SMILES string of the molecule is O=[N+]([O-])c1cnn(S(=O)(=O)n2cc([N+](=O)[O-])cn2)c1. The Bertz CT molecular complexity index is 701. The number of aromatic nitrogens is 4. The first-order chi connectivity index (χ1) is 8.82. The molecule has 0 bridgehead atoms. The van der Waals surface area contributed by atoms with Gasteiger partial charge in [0.15, 0.2) is 0 Å². The highest BCUT2D eigenvalue weighted by Crippen LogP contribution is 2.13. The molecule has 12 nitrogen and oxygen atoms in total. The van der Waals surface area contributed by atoms with Crippen molar-refractivity contribution in [1.82, 2.24) is 18.4 Å². The van der Waals surface area contributed by atoms with Crippen molar-refractivity contribution in [3.05, 3.63) is 45.0 Å². The Morgan fingerprint density at radius 1 is 0.947 bits per heavy atom. The first kappa shape index (κ1) is 12.6. The molecule has 0 aliphatic carbocycles. The molecule has 0 unspecified atom stereocenters. The molecule has 0 atom stereocenters. The van der Waals surface area contributed by atoms with Gasteiger partial charge in [-0.25, -0.2) is 0 Å². The fourth-order valence-corrected chi connectivity index (χ4v) is 2.10. The fourth-order valence-electron chi connectivity index (χ4n) is 1.12. The predicted molar refractivity (Wildman–Crippen MR) is 57.5 cm³/mol. The van der Waals surface area contributed by atoms with Crippen molar-refractivity contribution < 1.29 is 18.3 Å². The normalized spacial score (nSPS) is 11.4. The van der Waals surface area contributed by atoms with Crippen LogP contribution >= 0.6 is 0 Å². The molecule has 100 valence electrons. The van der Waals surface area contributed by atoms with Gasteiger partial charge < -0.3 is 0 Å². The van der Waals surface area contributed by atoms with Gasteiger partial charge in [-0.2, -0.15) is 18.6 Å². The molecule has 0 aliphatic rings. The first-order valence-corrected chi connectivity index (χ1v) is 5.86. The Hall–Kier alpha value is -2.83. The van der Waals surface area contributed by atoms with Crippen molar-refractivity contribution in [3.8, 4) is 0 Å². The van der Waals surface area contributed by atoms with Gasteiger partial charge in [-0.3, -0.25) is 20.2 Å². The number of rotatable bonds is 4. The topological polar surface area (TPSA) is 156 Å². The highest BCUT2D eigenvalue weighted by atomic mass is 32.2. The van der Waals surface area contributed by atoms with E-state index in [2.05, 4.69) is 10.2 Å². The maximum atomic E-state index is 11.9. The smallest absolute Gasteiger partial charge is 0.258 e. The van der Waals surface area contributed by atoms with Crippen LogP contribution in [-0.2, 0) is 10.2 Å². The number of nitrogens with zero attached hydrogens (tertiary/aromatic N) is 6. The Balaban J connectivity index is 2.45. The van der Waals surface area contributed by atoms with Crippen molar-refractivity contribution in [1.29, 1.82) is 0 Å². The third-order valence-electron chi connectivity index (χ3n) is 1.99. The summed E-state index contributed by atoms with van der Waals surface area (Å²) in [6.45, 7) is 0. The summed E-state index contributed by atoms with van der Waals surface area (Å²) in [6.07, 6.45) is 2.77. The Kier molecular flexibility index (Phi) is 2.74. The maximum Gasteiger partial charge on any atom is 0.364 e. The summed E-state index contributed by atoms with van der Waals surface area (Å²) in [5.74, 6) is 0. The molecule has 2 heterocycles. The predicted octanol–water partition coefficient (Wildman–Crippen LogP) is -0.463. The zero-order valence-corrected chi connectivity index (χ0v) is 9.67. The van der Waals surface area contributed by atoms with E-state index in [4.69, 9.17) is 0 Å². The van der Waals surface area contributed by atoms with E-state index in [1.54, 1.807) is 0 Å². The molecule has 2 aromatic rings. The number of hydrogen-bond donors (Lipinski definition) is 0. The standard InChI is InChI=1S/C6H4N6O6S/c13-11(14)5-1-7-9(3-5)19(17,18)10-4-6(2-8-10)12(15)16/h1-4H. The molecular formula is C6H4N6O6S. The third kappa shape index (κ3) is 2.13. The summed E-state index contributed by atoms with van der Waals surface area (Å²) in [7, 11) is -4.36.